The topological polar surface area (TPSA) is 36.4 Å². The van der Waals surface area contributed by atoms with Crippen LogP contribution in [-0.4, -0.2) is 42.0 Å². The first-order valence-corrected chi connectivity index (χ1v) is 7.54. The number of para-hydroxylation sites is 1. The van der Waals surface area contributed by atoms with Gasteiger partial charge in [-0.15, -0.1) is 0 Å². The minimum Gasteiger partial charge on any atom is -0.353 e. The third-order valence-corrected chi connectivity index (χ3v) is 3.99. The number of fused-ring (bicyclic) bond motifs is 1. The highest BCUT2D eigenvalue weighted by molar-refractivity contribution is 5.80. The number of carbonyl (C=O) groups excluding carboxylic acids is 1. The van der Waals surface area contributed by atoms with Crippen LogP contribution in [0.25, 0.3) is 10.9 Å². The average molecular weight is 283 g/mol. The molecule has 0 bridgehead atoms. The molecule has 0 atom stereocenters. The number of nitrogens with zero attached hydrogens (tertiary/aromatic N) is 3. The van der Waals surface area contributed by atoms with Crippen molar-refractivity contribution in [2.45, 2.75) is 13.8 Å². The zero-order valence-electron chi connectivity index (χ0n) is 12.6. The summed E-state index contributed by atoms with van der Waals surface area (Å²) in [5.41, 5.74) is 1.02. The number of piperazine rings is 1. The molecule has 1 fully saturated rings. The molecular formula is C17H21N3O. The number of amides is 1. The standard InChI is InChI=1S/C17H21N3O/c1-13(2)17(21)20-11-9-19(10-12-20)16-8-7-14-5-3-4-6-15(14)18-16/h3-8,13H,9-12H2,1-2H3. The van der Waals surface area contributed by atoms with Crippen molar-refractivity contribution in [2.75, 3.05) is 31.1 Å². The molecule has 3 rings (SSSR count). The van der Waals surface area contributed by atoms with E-state index in [4.69, 9.17) is 4.98 Å². The zero-order chi connectivity index (χ0) is 14.8. The Morgan fingerprint density at radius 3 is 2.48 bits per heavy atom. The summed E-state index contributed by atoms with van der Waals surface area (Å²) in [4.78, 5) is 21.0. The van der Waals surface area contributed by atoms with Gasteiger partial charge >= 0.3 is 0 Å². The Kier molecular flexibility index (Phi) is 3.78. The van der Waals surface area contributed by atoms with E-state index >= 15 is 0 Å². The number of benzene rings is 1. The van der Waals surface area contributed by atoms with Gasteiger partial charge in [-0.25, -0.2) is 4.98 Å². The molecular weight excluding hydrogens is 262 g/mol. The summed E-state index contributed by atoms with van der Waals surface area (Å²) < 4.78 is 0. The zero-order valence-corrected chi connectivity index (χ0v) is 12.6. The summed E-state index contributed by atoms with van der Waals surface area (Å²) in [5.74, 6) is 1.34. The average Bonchev–Trinajstić information content (AvgIpc) is 2.54. The highest BCUT2D eigenvalue weighted by Gasteiger charge is 2.23. The van der Waals surface area contributed by atoms with Crippen LogP contribution in [0.5, 0.6) is 0 Å². The molecule has 1 aliphatic heterocycles. The van der Waals surface area contributed by atoms with Crippen LogP contribution < -0.4 is 4.90 Å². The van der Waals surface area contributed by atoms with E-state index in [0.29, 0.717) is 0 Å². The fourth-order valence-electron chi connectivity index (χ4n) is 2.75. The number of pyridine rings is 1. The van der Waals surface area contributed by atoms with Crippen molar-refractivity contribution >= 4 is 22.6 Å². The van der Waals surface area contributed by atoms with E-state index < -0.39 is 0 Å². The molecule has 0 saturated carbocycles. The quantitative estimate of drug-likeness (QED) is 0.850. The molecule has 1 saturated heterocycles. The Balaban J connectivity index is 1.72. The van der Waals surface area contributed by atoms with Gasteiger partial charge in [-0.1, -0.05) is 32.0 Å². The first-order chi connectivity index (χ1) is 10.1. The molecule has 4 nitrogen and oxygen atoms in total. The second-order valence-electron chi connectivity index (χ2n) is 5.83. The molecule has 1 amide bonds. The van der Waals surface area contributed by atoms with E-state index in [1.807, 2.05) is 36.9 Å². The molecule has 1 aromatic heterocycles. The first kappa shape index (κ1) is 13.9. The summed E-state index contributed by atoms with van der Waals surface area (Å²) in [7, 11) is 0. The molecule has 110 valence electrons. The molecule has 0 N–H and O–H groups in total. The summed E-state index contributed by atoms with van der Waals surface area (Å²) >= 11 is 0. The van der Waals surface area contributed by atoms with Crippen LogP contribution in [0.1, 0.15) is 13.8 Å². The maximum Gasteiger partial charge on any atom is 0.225 e. The molecule has 21 heavy (non-hydrogen) atoms. The van der Waals surface area contributed by atoms with E-state index in [2.05, 4.69) is 23.1 Å². The summed E-state index contributed by atoms with van der Waals surface area (Å²) in [6.07, 6.45) is 0. The minimum atomic E-state index is 0.0790. The highest BCUT2D eigenvalue weighted by Crippen LogP contribution is 2.19. The van der Waals surface area contributed by atoms with Crippen molar-refractivity contribution < 1.29 is 4.79 Å². The van der Waals surface area contributed by atoms with Crippen LogP contribution in [0.3, 0.4) is 0 Å². The van der Waals surface area contributed by atoms with Crippen LogP contribution >= 0.6 is 0 Å². The van der Waals surface area contributed by atoms with Crippen LogP contribution in [0, 0.1) is 5.92 Å². The second-order valence-corrected chi connectivity index (χ2v) is 5.83. The van der Waals surface area contributed by atoms with Crippen LogP contribution in [0.15, 0.2) is 36.4 Å². The molecule has 1 aliphatic rings. The smallest absolute Gasteiger partial charge is 0.225 e. The van der Waals surface area contributed by atoms with Gasteiger partial charge in [0.1, 0.15) is 5.82 Å². The van der Waals surface area contributed by atoms with Gasteiger partial charge in [-0.3, -0.25) is 4.79 Å². The van der Waals surface area contributed by atoms with Gasteiger partial charge in [0, 0.05) is 37.5 Å². The molecule has 2 heterocycles. The van der Waals surface area contributed by atoms with Crippen molar-refractivity contribution in [1.29, 1.82) is 0 Å². The lowest BCUT2D eigenvalue weighted by molar-refractivity contribution is -0.134. The number of carbonyl (C=O) groups is 1. The Morgan fingerprint density at radius 2 is 1.76 bits per heavy atom. The normalized spacial score (nSPS) is 15.8. The summed E-state index contributed by atoms with van der Waals surface area (Å²) in [6.45, 7) is 7.18. The molecule has 4 heteroatoms. The second kappa shape index (κ2) is 5.72. The fourth-order valence-corrected chi connectivity index (χ4v) is 2.75. The number of hydrogen-bond donors (Lipinski definition) is 0. The van der Waals surface area contributed by atoms with Crippen LogP contribution in [-0.2, 0) is 4.79 Å². The van der Waals surface area contributed by atoms with E-state index in [0.717, 1.165) is 42.9 Å². The predicted molar refractivity (Wildman–Crippen MR) is 85.4 cm³/mol. The molecule has 0 aliphatic carbocycles. The van der Waals surface area contributed by atoms with E-state index in [-0.39, 0.29) is 11.8 Å². The third-order valence-electron chi connectivity index (χ3n) is 3.99. The van der Waals surface area contributed by atoms with Crippen molar-refractivity contribution in [3.63, 3.8) is 0 Å². The monoisotopic (exact) mass is 283 g/mol. The number of aromatic nitrogens is 1. The van der Waals surface area contributed by atoms with E-state index in [9.17, 15) is 4.79 Å². The Bertz CT molecular complexity index is 645. The van der Waals surface area contributed by atoms with Gasteiger partial charge < -0.3 is 9.80 Å². The Hall–Kier alpha value is -2.10. The Morgan fingerprint density at radius 1 is 1.05 bits per heavy atom. The van der Waals surface area contributed by atoms with Gasteiger partial charge in [-0.05, 0) is 18.2 Å². The summed E-state index contributed by atoms with van der Waals surface area (Å²) in [6, 6.07) is 12.3. The van der Waals surface area contributed by atoms with E-state index in [1.54, 1.807) is 0 Å². The largest absolute Gasteiger partial charge is 0.353 e. The van der Waals surface area contributed by atoms with Crippen molar-refractivity contribution in [3.05, 3.63) is 36.4 Å². The third kappa shape index (κ3) is 2.84. The van der Waals surface area contributed by atoms with Gasteiger partial charge in [-0.2, -0.15) is 0 Å². The minimum absolute atomic E-state index is 0.0790. The molecule has 1 aromatic carbocycles. The van der Waals surface area contributed by atoms with Gasteiger partial charge in [0.05, 0.1) is 5.52 Å². The number of rotatable bonds is 2. The van der Waals surface area contributed by atoms with Crippen LogP contribution in [0.2, 0.25) is 0 Å². The van der Waals surface area contributed by atoms with Crippen LogP contribution in [0.4, 0.5) is 5.82 Å². The van der Waals surface area contributed by atoms with Gasteiger partial charge in [0.25, 0.3) is 0 Å². The van der Waals surface area contributed by atoms with Crippen molar-refractivity contribution in [1.82, 2.24) is 9.88 Å². The van der Waals surface area contributed by atoms with Crippen molar-refractivity contribution in [2.24, 2.45) is 5.92 Å². The first-order valence-electron chi connectivity index (χ1n) is 7.54. The maximum atomic E-state index is 12.0. The number of hydrogen-bond acceptors (Lipinski definition) is 3. The van der Waals surface area contributed by atoms with Crippen molar-refractivity contribution in [3.8, 4) is 0 Å². The SMILES string of the molecule is CC(C)C(=O)N1CCN(c2ccc3ccccc3n2)CC1. The lowest BCUT2D eigenvalue weighted by atomic mass is 10.1. The van der Waals surface area contributed by atoms with E-state index in [1.165, 1.54) is 0 Å². The molecule has 2 aromatic rings. The highest BCUT2D eigenvalue weighted by atomic mass is 16.2. The molecule has 0 radical (unpaired) electrons. The lowest BCUT2D eigenvalue weighted by Gasteiger charge is -2.36. The Labute approximate surface area is 125 Å². The molecule has 0 spiro atoms. The lowest BCUT2D eigenvalue weighted by Crippen LogP contribution is -2.50. The summed E-state index contributed by atoms with van der Waals surface area (Å²) in [5, 5.41) is 1.16. The fraction of sp³-hybridized carbons (Fsp3) is 0.412. The molecule has 0 unspecified atom stereocenters. The number of anilines is 1. The van der Waals surface area contributed by atoms with Gasteiger partial charge in [0.2, 0.25) is 5.91 Å². The predicted octanol–water partition coefficient (Wildman–Crippen LogP) is 2.54. The maximum absolute atomic E-state index is 12.0. The van der Waals surface area contributed by atoms with Gasteiger partial charge in [0.15, 0.2) is 0 Å².